The van der Waals surface area contributed by atoms with E-state index in [1.54, 1.807) is 0 Å². The summed E-state index contributed by atoms with van der Waals surface area (Å²) in [4.78, 5) is 23.2. The van der Waals surface area contributed by atoms with Crippen LogP contribution in [0.15, 0.2) is 12.3 Å². The monoisotopic (exact) mass is 344 g/mol. The van der Waals surface area contributed by atoms with Gasteiger partial charge in [0, 0.05) is 6.42 Å². The predicted molar refractivity (Wildman–Crippen MR) is 89.9 cm³/mol. The van der Waals surface area contributed by atoms with E-state index in [2.05, 4.69) is 19.7 Å². The van der Waals surface area contributed by atoms with Crippen molar-refractivity contribution in [3.63, 3.8) is 0 Å². The zero-order chi connectivity index (χ0) is 17.2. The normalized spacial score (nSPS) is 11.9. The van der Waals surface area contributed by atoms with Gasteiger partial charge in [-0.2, -0.15) is 0 Å². The maximum atomic E-state index is 11.7. The fourth-order valence-electron chi connectivity index (χ4n) is 1.13. The minimum atomic E-state index is -1.75. The van der Waals surface area contributed by atoms with Gasteiger partial charge in [0.1, 0.15) is 13.2 Å². The van der Waals surface area contributed by atoms with Gasteiger partial charge in [0.2, 0.25) is 9.76 Å². The van der Waals surface area contributed by atoms with Crippen molar-refractivity contribution in [1.29, 1.82) is 0 Å². The Hall–Kier alpha value is -0.926. The SMILES string of the molecule is C=C[Si](C)(C)O[Si]CCC(=O)OCCOC(=O)C(C)(C)CC. The van der Waals surface area contributed by atoms with Gasteiger partial charge in [-0.25, -0.2) is 0 Å². The number of esters is 2. The van der Waals surface area contributed by atoms with Crippen molar-refractivity contribution in [2.24, 2.45) is 5.41 Å². The third-order valence-corrected chi connectivity index (χ3v) is 7.39. The summed E-state index contributed by atoms with van der Waals surface area (Å²) in [7, 11) is -1.47. The second-order valence-corrected chi connectivity index (χ2v) is 11.4. The Labute approximate surface area is 137 Å². The first-order chi connectivity index (χ1) is 10.1. The second-order valence-electron chi connectivity index (χ2n) is 6.15. The number of carbonyl (C=O) groups excluding carboxylic acids is 2. The van der Waals surface area contributed by atoms with Gasteiger partial charge < -0.3 is 13.6 Å². The molecule has 0 fully saturated rings. The minimum Gasteiger partial charge on any atom is -0.462 e. The summed E-state index contributed by atoms with van der Waals surface area (Å²) in [5.41, 5.74) is 1.37. The molecule has 0 aliphatic carbocycles. The van der Waals surface area contributed by atoms with Gasteiger partial charge in [-0.3, -0.25) is 9.59 Å². The molecule has 2 radical (unpaired) electrons. The van der Waals surface area contributed by atoms with Gasteiger partial charge in [0.05, 0.1) is 5.41 Å². The van der Waals surface area contributed by atoms with Crippen LogP contribution in [0.3, 0.4) is 0 Å². The lowest BCUT2D eigenvalue weighted by molar-refractivity contribution is -0.159. The van der Waals surface area contributed by atoms with Gasteiger partial charge in [0.15, 0.2) is 8.32 Å². The van der Waals surface area contributed by atoms with Crippen LogP contribution in [0.1, 0.15) is 33.6 Å². The highest BCUT2D eigenvalue weighted by molar-refractivity contribution is 6.79. The van der Waals surface area contributed by atoms with Gasteiger partial charge in [-0.05, 0) is 39.4 Å². The van der Waals surface area contributed by atoms with Crippen molar-refractivity contribution in [2.75, 3.05) is 13.2 Å². The van der Waals surface area contributed by atoms with Crippen LogP contribution in [-0.4, -0.2) is 43.2 Å². The molecule has 0 amide bonds. The zero-order valence-corrected chi connectivity index (χ0v) is 16.4. The molecule has 0 heterocycles. The largest absolute Gasteiger partial charge is 0.462 e. The van der Waals surface area contributed by atoms with E-state index >= 15 is 0 Å². The third kappa shape index (κ3) is 9.16. The summed E-state index contributed by atoms with van der Waals surface area (Å²) < 4.78 is 15.8. The molecule has 0 saturated carbocycles. The molecular formula is C15H28O5Si2. The van der Waals surface area contributed by atoms with Crippen LogP contribution >= 0.6 is 0 Å². The molecule has 0 aliphatic rings. The molecule has 0 saturated heterocycles. The first-order valence-electron chi connectivity index (χ1n) is 7.52. The summed E-state index contributed by atoms with van der Waals surface area (Å²) in [6.07, 6.45) is 1.02. The Morgan fingerprint density at radius 2 is 1.82 bits per heavy atom. The van der Waals surface area contributed by atoms with E-state index < -0.39 is 13.7 Å². The highest BCUT2D eigenvalue weighted by atomic mass is 28.4. The smallest absolute Gasteiger partial charge is 0.311 e. The van der Waals surface area contributed by atoms with Crippen LogP contribution in [0.25, 0.3) is 0 Å². The van der Waals surface area contributed by atoms with E-state index in [4.69, 9.17) is 13.6 Å². The lowest BCUT2D eigenvalue weighted by atomic mass is 9.91. The molecule has 7 heteroatoms. The highest BCUT2D eigenvalue weighted by Crippen LogP contribution is 2.21. The van der Waals surface area contributed by atoms with Crippen LogP contribution in [0.4, 0.5) is 0 Å². The van der Waals surface area contributed by atoms with Gasteiger partial charge in [-0.1, -0.05) is 12.6 Å². The second kappa shape index (κ2) is 9.96. The van der Waals surface area contributed by atoms with Crippen LogP contribution in [0.2, 0.25) is 19.1 Å². The molecule has 0 spiro atoms. The Morgan fingerprint density at radius 1 is 1.23 bits per heavy atom. The molecule has 0 rings (SSSR count). The van der Waals surface area contributed by atoms with E-state index in [1.807, 2.05) is 26.5 Å². The molecule has 22 heavy (non-hydrogen) atoms. The zero-order valence-electron chi connectivity index (χ0n) is 14.4. The minimum absolute atomic E-state index is 0.0984. The highest BCUT2D eigenvalue weighted by Gasteiger charge is 2.26. The first kappa shape index (κ1) is 21.1. The van der Waals surface area contributed by atoms with Crippen LogP contribution in [0, 0.1) is 5.41 Å². The molecule has 0 aromatic carbocycles. The van der Waals surface area contributed by atoms with Crippen molar-refractivity contribution in [2.45, 2.75) is 52.8 Å². The van der Waals surface area contributed by atoms with Crippen molar-refractivity contribution >= 4 is 30.0 Å². The first-order valence-corrected chi connectivity index (χ1v) is 11.6. The Bertz CT molecular complexity index is 380. The average Bonchev–Trinajstić information content (AvgIpc) is 2.47. The van der Waals surface area contributed by atoms with Crippen molar-refractivity contribution in [3.8, 4) is 0 Å². The standard InChI is InChI=1S/C15H28O5Si2/c1-7-15(3,4)14(17)19-11-10-18-13(16)9-12-21-20-22(5,6)8-2/h8H,2,7,9-12H2,1,3-6H3. The fourth-order valence-corrected chi connectivity index (χ4v) is 3.67. The van der Waals surface area contributed by atoms with E-state index in [0.29, 0.717) is 18.9 Å². The number of ether oxygens (including phenoxy) is 2. The van der Waals surface area contributed by atoms with Gasteiger partial charge >= 0.3 is 11.9 Å². The van der Waals surface area contributed by atoms with Crippen molar-refractivity contribution < 1.29 is 23.2 Å². The average molecular weight is 345 g/mol. The number of rotatable bonds is 11. The fraction of sp³-hybridized carbons (Fsp3) is 0.733. The molecule has 0 aromatic rings. The summed E-state index contributed by atoms with van der Waals surface area (Å²) in [6, 6.07) is 0.645. The number of hydrogen-bond acceptors (Lipinski definition) is 5. The molecule has 5 nitrogen and oxygen atoms in total. The number of hydrogen-bond donors (Lipinski definition) is 0. The molecule has 0 aliphatic heterocycles. The molecular weight excluding hydrogens is 316 g/mol. The number of carbonyl (C=O) groups is 2. The van der Waals surface area contributed by atoms with Crippen molar-refractivity contribution in [1.82, 2.24) is 0 Å². The van der Waals surface area contributed by atoms with E-state index in [-0.39, 0.29) is 34.9 Å². The maximum Gasteiger partial charge on any atom is 0.311 e. The summed E-state index contributed by atoms with van der Waals surface area (Å²) in [5.74, 6) is -0.558. The molecule has 126 valence electrons. The van der Waals surface area contributed by atoms with Crippen molar-refractivity contribution in [3.05, 3.63) is 12.3 Å². The van der Waals surface area contributed by atoms with Gasteiger partial charge in [-0.15, -0.1) is 6.58 Å². The van der Waals surface area contributed by atoms with E-state index in [1.165, 1.54) is 0 Å². The van der Waals surface area contributed by atoms with Crippen LogP contribution in [-0.2, 0) is 23.2 Å². The van der Waals surface area contributed by atoms with Gasteiger partial charge in [0.25, 0.3) is 0 Å². The predicted octanol–water partition coefficient (Wildman–Crippen LogP) is 2.88. The summed E-state index contributed by atoms with van der Waals surface area (Å²) in [5, 5.41) is 0. The molecule has 0 unspecified atom stereocenters. The van der Waals surface area contributed by atoms with E-state index in [0.717, 1.165) is 0 Å². The quantitative estimate of drug-likeness (QED) is 0.328. The Balaban J connectivity index is 3.71. The molecule has 0 N–H and O–H groups in total. The molecule has 0 bridgehead atoms. The maximum absolute atomic E-state index is 11.7. The lowest BCUT2D eigenvalue weighted by Gasteiger charge is -2.20. The summed E-state index contributed by atoms with van der Waals surface area (Å²) >= 11 is 0. The molecule has 0 aromatic heterocycles. The topological polar surface area (TPSA) is 61.8 Å². The van der Waals surface area contributed by atoms with Crippen LogP contribution < -0.4 is 0 Å². The Morgan fingerprint density at radius 3 is 2.36 bits per heavy atom. The van der Waals surface area contributed by atoms with Crippen LogP contribution in [0.5, 0.6) is 0 Å². The summed E-state index contributed by atoms with van der Waals surface area (Å²) in [6.45, 7) is 13.6. The Kier molecular flexibility index (Phi) is 9.54. The third-order valence-electron chi connectivity index (χ3n) is 3.27. The molecule has 0 atom stereocenters. The lowest BCUT2D eigenvalue weighted by Crippen LogP contribution is -2.29. The van der Waals surface area contributed by atoms with E-state index in [9.17, 15) is 9.59 Å².